The summed E-state index contributed by atoms with van der Waals surface area (Å²) in [4.78, 5) is 26.0. The predicted molar refractivity (Wildman–Crippen MR) is 133 cm³/mol. The van der Waals surface area contributed by atoms with Crippen molar-refractivity contribution < 1.29 is 14.3 Å². The summed E-state index contributed by atoms with van der Waals surface area (Å²) in [6.45, 7) is 2.61. The van der Waals surface area contributed by atoms with E-state index >= 15 is 0 Å². The molecule has 1 N–H and O–H groups in total. The minimum Gasteiger partial charge on any atom is -0.489 e. The molecule has 1 heterocycles. The molecule has 0 aromatic heterocycles. The van der Waals surface area contributed by atoms with Gasteiger partial charge in [0.2, 0.25) is 5.91 Å². The van der Waals surface area contributed by atoms with Crippen LogP contribution in [0.1, 0.15) is 60.3 Å². The second-order valence-electron chi connectivity index (χ2n) is 9.17. The summed E-state index contributed by atoms with van der Waals surface area (Å²) in [6.07, 6.45) is 2.42. The molecule has 1 amide bonds. The number of aryl methyl sites for hydroxylation is 1. The Morgan fingerprint density at radius 3 is 2.38 bits per heavy atom. The van der Waals surface area contributed by atoms with E-state index in [1.165, 1.54) is 5.56 Å². The van der Waals surface area contributed by atoms with E-state index in [9.17, 15) is 9.59 Å². The van der Waals surface area contributed by atoms with Gasteiger partial charge in [-0.2, -0.15) is 0 Å². The van der Waals surface area contributed by atoms with Crippen LogP contribution in [-0.4, -0.2) is 11.7 Å². The molecule has 0 radical (unpaired) electrons. The Kier molecular flexibility index (Phi) is 6.31. The first-order valence-electron chi connectivity index (χ1n) is 12.0. The van der Waals surface area contributed by atoms with E-state index in [1.807, 2.05) is 54.6 Å². The number of Topliss-reactive ketones (excluding diaryl/α,β-unsaturated/α-hetero) is 1. The number of nitrogens with one attached hydrogen (secondary N) is 1. The molecule has 3 aromatic rings. The largest absolute Gasteiger partial charge is 0.489 e. The minimum atomic E-state index is -0.236. The average Bonchev–Trinajstić information content (AvgIpc) is 2.87. The van der Waals surface area contributed by atoms with Crippen LogP contribution in [0.25, 0.3) is 0 Å². The van der Waals surface area contributed by atoms with E-state index in [4.69, 9.17) is 4.74 Å². The standard InChI is InChI=1S/C30H29NO3/c1-2-20-11-13-22(14-12-20)24-16-27-30(28(32)17-24)26(18-29(33)31-27)23-9-6-10-25(15-23)34-19-21-7-4-3-5-8-21/h3-15,24,26H,2,16-19H2,1H3,(H,31,33). The lowest BCUT2D eigenvalue weighted by Crippen LogP contribution is -2.38. The molecule has 0 saturated heterocycles. The summed E-state index contributed by atoms with van der Waals surface area (Å²) in [7, 11) is 0. The number of ether oxygens (including phenoxy) is 1. The molecule has 2 aliphatic rings. The van der Waals surface area contributed by atoms with E-state index in [1.54, 1.807) is 0 Å². The number of hydrogen-bond donors (Lipinski definition) is 1. The third-order valence-corrected chi connectivity index (χ3v) is 6.90. The summed E-state index contributed by atoms with van der Waals surface area (Å²) < 4.78 is 6.01. The molecule has 0 fully saturated rings. The van der Waals surface area contributed by atoms with Gasteiger partial charge in [-0.15, -0.1) is 0 Å². The molecule has 1 aliphatic carbocycles. The van der Waals surface area contributed by atoms with E-state index in [0.29, 0.717) is 19.4 Å². The first-order valence-corrected chi connectivity index (χ1v) is 12.0. The van der Waals surface area contributed by atoms with E-state index in [2.05, 4.69) is 36.5 Å². The van der Waals surface area contributed by atoms with Crippen LogP contribution in [0.4, 0.5) is 0 Å². The van der Waals surface area contributed by atoms with Crippen molar-refractivity contribution >= 4 is 11.7 Å². The highest BCUT2D eigenvalue weighted by Crippen LogP contribution is 2.43. The van der Waals surface area contributed by atoms with Crippen LogP contribution in [0.15, 0.2) is 90.1 Å². The average molecular weight is 452 g/mol. The Morgan fingerprint density at radius 2 is 1.62 bits per heavy atom. The molecule has 2 unspecified atom stereocenters. The number of ketones is 1. The van der Waals surface area contributed by atoms with Crippen LogP contribution in [0.2, 0.25) is 0 Å². The summed E-state index contributed by atoms with van der Waals surface area (Å²) >= 11 is 0. The third-order valence-electron chi connectivity index (χ3n) is 6.90. The molecule has 0 bridgehead atoms. The highest BCUT2D eigenvalue weighted by atomic mass is 16.5. The Morgan fingerprint density at radius 1 is 0.824 bits per heavy atom. The lowest BCUT2D eigenvalue weighted by Gasteiger charge is -2.34. The minimum absolute atomic E-state index is 0.0332. The van der Waals surface area contributed by atoms with Gasteiger partial charge in [0.15, 0.2) is 5.78 Å². The van der Waals surface area contributed by atoms with Crippen molar-refractivity contribution in [2.45, 2.75) is 51.0 Å². The van der Waals surface area contributed by atoms with Crippen LogP contribution >= 0.6 is 0 Å². The SMILES string of the molecule is CCc1ccc(C2CC(=O)C3=C(C2)NC(=O)CC3c2cccc(OCc3ccccc3)c2)cc1. The van der Waals surface area contributed by atoms with Gasteiger partial charge in [0.1, 0.15) is 12.4 Å². The molecule has 172 valence electrons. The van der Waals surface area contributed by atoms with Gasteiger partial charge in [0.25, 0.3) is 0 Å². The Balaban J connectivity index is 1.39. The van der Waals surface area contributed by atoms with E-state index in [-0.39, 0.29) is 29.9 Å². The highest BCUT2D eigenvalue weighted by Gasteiger charge is 2.38. The van der Waals surface area contributed by atoms with E-state index in [0.717, 1.165) is 40.1 Å². The number of benzene rings is 3. The third kappa shape index (κ3) is 4.67. The van der Waals surface area contributed by atoms with Crippen LogP contribution in [0, 0.1) is 0 Å². The first kappa shape index (κ1) is 22.1. The molecule has 4 heteroatoms. The molecule has 5 rings (SSSR count). The lowest BCUT2D eigenvalue weighted by atomic mass is 9.73. The topological polar surface area (TPSA) is 55.4 Å². The molecule has 0 saturated carbocycles. The van der Waals surface area contributed by atoms with Crippen molar-refractivity contribution in [2.75, 3.05) is 0 Å². The maximum absolute atomic E-state index is 13.4. The van der Waals surface area contributed by atoms with Crippen LogP contribution in [0.3, 0.4) is 0 Å². The fourth-order valence-electron chi connectivity index (χ4n) is 5.07. The monoisotopic (exact) mass is 451 g/mol. The second kappa shape index (κ2) is 9.68. The van der Waals surface area contributed by atoms with Gasteiger partial charge in [-0.25, -0.2) is 0 Å². The summed E-state index contributed by atoms with van der Waals surface area (Å²) in [5.41, 5.74) is 6.04. The molecule has 3 aromatic carbocycles. The molecule has 4 nitrogen and oxygen atoms in total. The number of carbonyl (C=O) groups is 2. The Labute approximate surface area is 200 Å². The van der Waals surface area contributed by atoms with Gasteiger partial charge in [0.05, 0.1) is 0 Å². The van der Waals surface area contributed by atoms with Crippen molar-refractivity contribution in [3.05, 3.63) is 112 Å². The van der Waals surface area contributed by atoms with Crippen molar-refractivity contribution in [3.63, 3.8) is 0 Å². The van der Waals surface area contributed by atoms with Gasteiger partial charge in [-0.3, -0.25) is 9.59 Å². The molecule has 1 aliphatic heterocycles. The van der Waals surface area contributed by atoms with Crippen molar-refractivity contribution in [3.8, 4) is 5.75 Å². The predicted octanol–water partition coefficient (Wildman–Crippen LogP) is 5.83. The molecule has 2 atom stereocenters. The first-order chi connectivity index (χ1) is 16.6. The zero-order chi connectivity index (χ0) is 23.5. The van der Waals surface area contributed by atoms with Gasteiger partial charge in [-0.1, -0.05) is 73.7 Å². The van der Waals surface area contributed by atoms with Gasteiger partial charge >= 0.3 is 0 Å². The lowest BCUT2D eigenvalue weighted by molar-refractivity contribution is -0.122. The van der Waals surface area contributed by atoms with Gasteiger partial charge in [-0.05, 0) is 53.1 Å². The van der Waals surface area contributed by atoms with Crippen molar-refractivity contribution in [1.29, 1.82) is 0 Å². The van der Waals surface area contributed by atoms with Crippen LogP contribution in [0.5, 0.6) is 5.75 Å². The maximum Gasteiger partial charge on any atom is 0.225 e. The van der Waals surface area contributed by atoms with Crippen LogP contribution < -0.4 is 10.1 Å². The normalized spacial score (nSPS) is 20.0. The Bertz CT molecular complexity index is 1230. The molecule has 0 spiro atoms. The van der Waals surface area contributed by atoms with Crippen LogP contribution in [-0.2, 0) is 22.6 Å². The van der Waals surface area contributed by atoms with Crippen molar-refractivity contribution in [1.82, 2.24) is 5.32 Å². The molecular weight excluding hydrogens is 422 g/mol. The number of carbonyl (C=O) groups excluding carboxylic acids is 2. The van der Waals surface area contributed by atoms with Gasteiger partial charge < -0.3 is 10.1 Å². The fraction of sp³-hybridized carbons (Fsp3) is 0.267. The number of amides is 1. The summed E-state index contributed by atoms with van der Waals surface area (Å²) in [5.74, 6) is 0.698. The number of rotatable bonds is 6. The summed E-state index contributed by atoms with van der Waals surface area (Å²) in [5, 5.41) is 3.02. The zero-order valence-corrected chi connectivity index (χ0v) is 19.4. The fourth-order valence-corrected chi connectivity index (χ4v) is 5.07. The molecular formula is C30H29NO3. The quantitative estimate of drug-likeness (QED) is 0.513. The van der Waals surface area contributed by atoms with E-state index < -0.39 is 0 Å². The smallest absolute Gasteiger partial charge is 0.225 e. The Hall–Kier alpha value is -3.66. The maximum atomic E-state index is 13.4. The number of hydrogen-bond acceptors (Lipinski definition) is 3. The van der Waals surface area contributed by atoms with Gasteiger partial charge in [0, 0.05) is 30.0 Å². The number of allylic oxidation sites excluding steroid dienone is 2. The second-order valence-corrected chi connectivity index (χ2v) is 9.17. The highest BCUT2D eigenvalue weighted by molar-refractivity contribution is 6.02. The zero-order valence-electron chi connectivity index (χ0n) is 19.4. The van der Waals surface area contributed by atoms with Crippen molar-refractivity contribution in [2.24, 2.45) is 0 Å². The molecule has 34 heavy (non-hydrogen) atoms. The summed E-state index contributed by atoms with van der Waals surface area (Å²) in [6, 6.07) is 26.3.